The number of hydrogen-bond acceptors (Lipinski definition) is 3. The van der Waals surface area contributed by atoms with E-state index in [0.29, 0.717) is 22.1 Å². The normalized spacial score (nSPS) is 26.6. The van der Waals surface area contributed by atoms with E-state index in [9.17, 15) is 12.8 Å². The fourth-order valence-electron chi connectivity index (χ4n) is 2.60. The maximum absolute atomic E-state index is 13.9. The van der Waals surface area contributed by atoms with Crippen LogP contribution in [0.4, 0.5) is 4.39 Å². The number of rotatable bonds is 3. The summed E-state index contributed by atoms with van der Waals surface area (Å²) in [6.45, 7) is 4.40. The van der Waals surface area contributed by atoms with Crippen molar-refractivity contribution in [1.82, 2.24) is 0 Å². The van der Waals surface area contributed by atoms with Gasteiger partial charge in [0.15, 0.2) is 0 Å². The van der Waals surface area contributed by atoms with Crippen LogP contribution < -0.4 is 9.88 Å². The van der Waals surface area contributed by atoms with E-state index >= 15 is 0 Å². The van der Waals surface area contributed by atoms with Gasteiger partial charge in [-0.3, -0.25) is 0 Å². The lowest BCUT2D eigenvalue weighted by molar-refractivity contribution is 0.0995. The Bertz CT molecular complexity index is 635. The zero-order valence-electron chi connectivity index (χ0n) is 12.0. The highest BCUT2D eigenvalue weighted by molar-refractivity contribution is 9.10. The number of sulfonamides is 1. The van der Waals surface area contributed by atoms with Crippen LogP contribution in [0.15, 0.2) is 21.5 Å². The van der Waals surface area contributed by atoms with Crippen molar-refractivity contribution in [2.45, 2.75) is 44.1 Å². The summed E-state index contributed by atoms with van der Waals surface area (Å²) in [6.07, 6.45) is 2.91. The molecule has 1 aromatic rings. The Morgan fingerprint density at radius 2 is 1.95 bits per heavy atom. The Kier molecular flexibility index (Phi) is 4.95. The Morgan fingerprint density at radius 3 is 2.52 bits per heavy atom. The van der Waals surface area contributed by atoms with Crippen LogP contribution in [-0.4, -0.2) is 14.5 Å². The van der Waals surface area contributed by atoms with E-state index in [2.05, 4.69) is 29.8 Å². The first kappa shape index (κ1) is 16.7. The summed E-state index contributed by atoms with van der Waals surface area (Å²) >= 11 is 3.22. The van der Waals surface area contributed by atoms with Gasteiger partial charge < -0.3 is 4.74 Å². The second-order valence-corrected chi connectivity index (χ2v) is 8.15. The third kappa shape index (κ3) is 3.96. The molecule has 3 unspecified atom stereocenters. The van der Waals surface area contributed by atoms with Crippen molar-refractivity contribution in [3.05, 3.63) is 22.4 Å². The molecule has 118 valence electrons. The lowest BCUT2D eigenvalue weighted by Gasteiger charge is -2.32. The van der Waals surface area contributed by atoms with Gasteiger partial charge in [-0.15, -0.1) is 0 Å². The van der Waals surface area contributed by atoms with Crippen LogP contribution in [-0.2, 0) is 10.0 Å². The van der Waals surface area contributed by atoms with Crippen LogP contribution in [0, 0.1) is 17.7 Å². The standard InChI is InChI=1S/C14H19BrFNO3S/c1-8-3-4-10(5-9(8)2)20-13-7-12(16)14(6-11(13)15)21(17,18)19/h6-10H,3-5H2,1-2H3,(H2,17,18,19). The molecule has 0 amide bonds. The van der Waals surface area contributed by atoms with E-state index in [1.54, 1.807) is 0 Å². The highest BCUT2D eigenvalue weighted by Gasteiger charge is 2.27. The van der Waals surface area contributed by atoms with Gasteiger partial charge in [0.1, 0.15) is 16.5 Å². The molecule has 7 heteroatoms. The molecule has 1 aromatic carbocycles. The van der Waals surface area contributed by atoms with Gasteiger partial charge >= 0.3 is 0 Å². The highest BCUT2D eigenvalue weighted by atomic mass is 79.9. The summed E-state index contributed by atoms with van der Waals surface area (Å²) in [5.74, 6) is 0.630. The summed E-state index contributed by atoms with van der Waals surface area (Å²) in [7, 11) is -4.08. The molecule has 2 rings (SSSR count). The van der Waals surface area contributed by atoms with Gasteiger partial charge in [-0.25, -0.2) is 17.9 Å². The van der Waals surface area contributed by atoms with E-state index in [1.165, 1.54) is 0 Å². The molecule has 0 aliphatic heterocycles. The van der Waals surface area contributed by atoms with Crippen molar-refractivity contribution in [2.75, 3.05) is 0 Å². The number of nitrogens with two attached hydrogens (primary N) is 1. The number of halogens is 2. The van der Waals surface area contributed by atoms with Crippen LogP contribution in [0.3, 0.4) is 0 Å². The molecule has 1 aliphatic carbocycles. The van der Waals surface area contributed by atoms with E-state index in [-0.39, 0.29) is 6.10 Å². The molecule has 0 bridgehead atoms. The Hall–Kier alpha value is -0.660. The number of primary sulfonamides is 1. The molecule has 0 radical (unpaired) electrons. The average molecular weight is 380 g/mol. The first-order valence-corrected chi connectivity index (χ1v) is 9.21. The molecule has 0 saturated heterocycles. The van der Waals surface area contributed by atoms with Crippen molar-refractivity contribution in [3.63, 3.8) is 0 Å². The largest absolute Gasteiger partial charge is 0.489 e. The van der Waals surface area contributed by atoms with Crippen LogP contribution in [0.5, 0.6) is 5.75 Å². The molecule has 0 heterocycles. The van der Waals surface area contributed by atoms with Gasteiger partial charge in [0.05, 0.1) is 10.6 Å². The SMILES string of the molecule is CC1CCC(Oc2cc(F)c(S(N)(=O)=O)cc2Br)CC1C. The van der Waals surface area contributed by atoms with E-state index in [0.717, 1.165) is 31.4 Å². The van der Waals surface area contributed by atoms with E-state index in [4.69, 9.17) is 9.88 Å². The van der Waals surface area contributed by atoms with E-state index < -0.39 is 20.7 Å². The summed E-state index contributed by atoms with van der Waals surface area (Å²) in [4.78, 5) is -0.535. The van der Waals surface area contributed by atoms with Gasteiger partial charge in [-0.1, -0.05) is 13.8 Å². The van der Waals surface area contributed by atoms with Crippen LogP contribution in [0.2, 0.25) is 0 Å². The number of hydrogen-bond donors (Lipinski definition) is 1. The quantitative estimate of drug-likeness (QED) is 0.874. The first-order chi connectivity index (χ1) is 9.68. The van der Waals surface area contributed by atoms with Crippen molar-refractivity contribution in [1.29, 1.82) is 0 Å². The van der Waals surface area contributed by atoms with Gasteiger partial charge in [-0.05, 0) is 53.1 Å². The zero-order valence-corrected chi connectivity index (χ0v) is 14.4. The molecule has 4 nitrogen and oxygen atoms in total. The fraction of sp³-hybridized carbons (Fsp3) is 0.571. The van der Waals surface area contributed by atoms with Crippen molar-refractivity contribution in [2.24, 2.45) is 17.0 Å². The third-order valence-corrected chi connectivity index (χ3v) is 5.68. The van der Waals surface area contributed by atoms with Crippen molar-refractivity contribution in [3.8, 4) is 5.75 Å². The minimum Gasteiger partial charge on any atom is -0.489 e. The summed E-state index contributed by atoms with van der Waals surface area (Å²) < 4.78 is 42.6. The molecule has 1 saturated carbocycles. The molecule has 21 heavy (non-hydrogen) atoms. The summed E-state index contributed by atoms with van der Waals surface area (Å²) in [6, 6.07) is 2.22. The minimum absolute atomic E-state index is 0.0206. The molecule has 0 aromatic heterocycles. The van der Waals surface area contributed by atoms with Crippen molar-refractivity contribution < 1.29 is 17.5 Å². The molecular formula is C14H19BrFNO3S. The van der Waals surface area contributed by atoms with E-state index in [1.807, 2.05) is 0 Å². The molecule has 2 N–H and O–H groups in total. The maximum Gasteiger partial charge on any atom is 0.241 e. The van der Waals surface area contributed by atoms with Crippen LogP contribution in [0.25, 0.3) is 0 Å². The number of ether oxygens (including phenoxy) is 1. The van der Waals surface area contributed by atoms with Gasteiger partial charge in [0, 0.05) is 6.07 Å². The predicted octanol–water partition coefficient (Wildman–Crippen LogP) is 3.44. The average Bonchev–Trinajstić information content (AvgIpc) is 2.36. The molecule has 3 atom stereocenters. The molecular weight excluding hydrogens is 361 g/mol. The lowest BCUT2D eigenvalue weighted by Crippen LogP contribution is -2.29. The molecule has 0 spiro atoms. The second kappa shape index (κ2) is 6.22. The third-order valence-electron chi connectivity index (χ3n) is 4.14. The summed E-state index contributed by atoms with van der Waals surface area (Å²) in [5, 5.41) is 4.96. The molecule has 1 fully saturated rings. The van der Waals surface area contributed by atoms with Gasteiger partial charge in [0.2, 0.25) is 10.0 Å². The fourth-order valence-corrected chi connectivity index (χ4v) is 3.80. The second-order valence-electron chi connectivity index (χ2n) is 5.77. The smallest absolute Gasteiger partial charge is 0.241 e. The Labute approximate surface area is 133 Å². The number of benzene rings is 1. The maximum atomic E-state index is 13.9. The lowest BCUT2D eigenvalue weighted by atomic mass is 9.80. The Balaban J connectivity index is 2.20. The monoisotopic (exact) mass is 379 g/mol. The Morgan fingerprint density at radius 1 is 1.29 bits per heavy atom. The minimum atomic E-state index is -4.08. The highest BCUT2D eigenvalue weighted by Crippen LogP contribution is 2.35. The first-order valence-electron chi connectivity index (χ1n) is 6.87. The predicted molar refractivity (Wildman–Crippen MR) is 82.1 cm³/mol. The van der Waals surface area contributed by atoms with Gasteiger partial charge in [-0.2, -0.15) is 0 Å². The molecule has 1 aliphatic rings. The summed E-state index contributed by atoms with van der Waals surface area (Å²) in [5.41, 5.74) is 0. The van der Waals surface area contributed by atoms with Crippen LogP contribution in [0.1, 0.15) is 33.1 Å². The topological polar surface area (TPSA) is 69.4 Å². The van der Waals surface area contributed by atoms with Crippen molar-refractivity contribution >= 4 is 26.0 Å². The van der Waals surface area contributed by atoms with Gasteiger partial charge in [0.25, 0.3) is 0 Å². The zero-order chi connectivity index (χ0) is 15.8. The van der Waals surface area contributed by atoms with Crippen LogP contribution >= 0.6 is 15.9 Å².